The van der Waals surface area contributed by atoms with Gasteiger partial charge in [-0.3, -0.25) is 9.59 Å². The maximum Gasteiger partial charge on any atom is 0.267 e. The smallest absolute Gasteiger partial charge is 0.267 e. The molecule has 0 bridgehead atoms. The molecule has 0 fully saturated rings. The number of para-hydroxylation sites is 1. The normalized spacial score (nSPS) is 11.1. The fourth-order valence-electron chi connectivity index (χ4n) is 2.75. The van der Waals surface area contributed by atoms with Gasteiger partial charge < -0.3 is 10.1 Å². The van der Waals surface area contributed by atoms with E-state index < -0.39 is 11.1 Å². The summed E-state index contributed by atoms with van der Waals surface area (Å²) in [5.41, 5.74) is -0.512. The number of carbonyl (C=O) groups excluding carboxylic acids is 1. The molecule has 2 aromatic carbocycles. The second-order valence-electron chi connectivity index (χ2n) is 6.95. The van der Waals surface area contributed by atoms with Crippen LogP contribution in [0.15, 0.2) is 71.5 Å². The number of hydrogen-bond acceptors (Lipinski definition) is 4. The number of hydrogen-bond donors (Lipinski definition) is 1. The number of nitrogens with zero attached hydrogens (tertiary/aromatic N) is 2. The van der Waals surface area contributed by atoms with Gasteiger partial charge in [0.1, 0.15) is 23.7 Å². The van der Waals surface area contributed by atoms with Gasteiger partial charge in [0.2, 0.25) is 5.91 Å². The molecule has 0 spiro atoms. The molecular weight excluding hydrogens is 373 g/mol. The van der Waals surface area contributed by atoms with Crippen molar-refractivity contribution in [3.05, 3.63) is 82.9 Å². The van der Waals surface area contributed by atoms with Gasteiger partial charge in [-0.25, -0.2) is 9.07 Å². The standard InChI is InChI=1S/C22H22FN3O3/c1-22(2,21(28)24-14-15-29-18-6-4-3-5-7-18)26-20(27)13-12-19(25-26)16-8-10-17(23)11-9-16/h3-13H,14-15H2,1-2H3,(H,24,28). The first-order valence-electron chi connectivity index (χ1n) is 9.21. The SMILES string of the molecule is CC(C)(C(=O)NCCOc1ccccc1)n1nc(-c2ccc(F)cc2)ccc1=O. The molecule has 0 atom stereocenters. The number of nitrogens with one attached hydrogen (secondary N) is 1. The summed E-state index contributed by atoms with van der Waals surface area (Å²) >= 11 is 0. The summed E-state index contributed by atoms with van der Waals surface area (Å²) in [7, 11) is 0. The van der Waals surface area contributed by atoms with Crippen LogP contribution in [0.5, 0.6) is 5.75 Å². The zero-order valence-electron chi connectivity index (χ0n) is 16.3. The van der Waals surface area contributed by atoms with Crippen LogP contribution in [0.4, 0.5) is 4.39 Å². The van der Waals surface area contributed by atoms with Gasteiger partial charge in [-0.2, -0.15) is 5.10 Å². The van der Waals surface area contributed by atoms with E-state index in [2.05, 4.69) is 10.4 Å². The zero-order valence-corrected chi connectivity index (χ0v) is 16.3. The number of amides is 1. The summed E-state index contributed by atoms with van der Waals surface area (Å²) in [6.45, 7) is 3.81. The van der Waals surface area contributed by atoms with Gasteiger partial charge in [0, 0.05) is 11.6 Å². The van der Waals surface area contributed by atoms with Crippen LogP contribution in [0.2, 0.25) is 0 Å². The van der Waals surface area contributed by atoms with Gasteiger partial charge in [-0.15, -0.1) is 0 Å². The van der Waals surface area contributed by atoms with Crippen molar-refractivity contribution >= 4 is 5.91 Å². The van der Waals surface area contributed by atoms with Crippen molar-refractivity contribution in [2.75, 3.05) is 13.2 Å². The topological polar surface area (TPSA) is 73.2 Å². The number of carbonyl (C=O) groups is 1. The first-order chi connectivity index (χ1) is 13.9. The number of benzene rings is 2. The van der Waals surface area contributed by atoms with E-state index in [4.69, 9.17) is 4.74 Å². The van der Waals surface area contributed by atoms with Gasteiger partial charge >= 0.3 is 0 Å². The minimum atomic E-state index is -1.22. The van der Waals surface area contributed by atoms with Crippen molar-refractivity contribution in [3.8, 4) is 17.0 Å². The fraction of sp³-hybridized carbons (Fsp3) is 0.227. The lowest BCUT2D eigenvalue weighted by atomic mass is 10.0. The largest absolute Gasteiger partial charge is 0.492 e. The Balaban J connectivity index is 1.70. The maximum absolute atomic E-state index is 13.2. The second-order valence-corrected chi connectivity index (χ2v) is 6.95. The lowest BCUT2D eigenvalue weighted by Crippen LogP contribution is -2.50. The van der Waals surface area contributed by atoms with E-state index in [1.165, 1.54) is 18.2 Å². The lowest BCUT2D eigenvalue weighted by molar-refractivity contribution is -0.129. The Labute approximate surface area is 168 Å². The van der Waals surface area contributed by atoms with Gasteiger partial charge in [0.15, 0.2) is 0 Å². The van der Waals surface area contributed by atoms with Crippen LogP contribution in [-0.2, 0) is 10.3 Å². The monoisotopic (exact) mass is 395 g/mol. The molecule has 1 N–H and O–H groups in total. The quantitative estimate of drug-likeness (QED) is 0.624. The van der Waals surface area contributed by atoms with Crippen molar-refractivity contribution in [3.63, 3.8) is 0 Å². The van der Waals surface area contributed by atoms with Crippen molar-refractivity contribution in [1.29, 1.82) is 0 Å². The van der Waals surface area contributed by atoms with E-state index in [1.807, 2.05) is 30.3 Å². The van der Waals surface area contributed by atoms with E-state index in [1.54, 1.807) is 32.0 Å². The van der Waals surface area contributed by atoms with Crippen molar-refractivity contribution in [1.82, 2.24) is 15.1 Å². The first-order valence-corrected chi connectivity index (χ1v) is 9.21. The number of aromatic nitrogens is 2. The number of halogens is 1. The fourth-order valence-corrected chi connectivity index (χ4v) is 2.75. The van der Waals surface area contributed by atoms with Crippen molar-refractivity contribution in [2.45, 2.75) is 19.4 Å². The highest BCUT2D eigenvalue weighted by molar-refractivity contribution is 5.83. The van der Waals surface area contributed by atoms with Crippen LogP contribution in [0.25, 0.3) is 11.3 Å². The number of rotatable bonds is 7. The minimum absolute atomic E-state index is 0.281. The molecule has 0 unspecified atom stereocenters. The van der Waals surface area contributed by atoms with E-state index in [-0.39, 0.29) is 18.3 Å². The van der Waals surface area contributed by atoms with Gasteiger partial charge in [-0.1, -0.05) is 18.2 Å². The summed E-state index contributed by atoms with van der Waals surface area (Å²) in [6, 6.07) is 17.9. The second kappa shape index (κ2) is 8.68. The average molecular weight is 395 g/mol. The molecule has 0 aliphatic heterocycles. The predicted molar refractivity (Wildman–Crippen MR) is 108 cm³/mol. The summed E-state index contributed by atoms with van der Waals surface area (Å²) in [6.07, 6.45) is 0. The van der Waals surface area contributed by atoms with Crippen LogP contribution in [0.3, 0.4) is 0 Å². The summed E-state index contributed by atoms with van der Waals surface area (Å²) in [5.74, 6) is -0.00888. The molecule has 0 saturated carbocycles. The van der Waals surface area contributed by atoms with E-state index >= 15 is 0 Å². The van der Waals surface area contributed by atoms with Crippen molar-refractivity contribution < 1.29 is 13.9 Å². The highest BCUT2D eigenvalue weighted by Crippen LogP contribution is 2.18. The average Bonchev–Trinajstić information content (AvgIpc) is 2.72. The molecule has 1 amide bonds. The zero-order chi connectivity index (χ0) is 20.9. The van der Waals surface area contributed by atoms with Crippen LogP contribution >= 0.6 is 0 Å². The summed E-state index contributed by atoms with van der Waals surface area (Å²) in [4.78, 5) is 25.1. The Morgan fingerprint density at radius 3 is 2.45 bits per heavy atom. The highest BCUT2D eigenvalue weighted by Gasteiger charge is 2.32. The minimum Gasteiger partial charge on any atom is -0.492 e. The molecule has 1 heterocycles. The molecule has 6 nitrogen and oxygen atoms in total. The molecule has 7 heteroatoms. The molecular formula is C22H22FN3O3. The Morgan fingerprint density at radius 2 is 1.76 bits per heavy atom. The molecule has 0 aliphatic rings. The van der Waals surface area contributed by atoms with Gasteiger partial charge in [0.05, 0.1) is 12.2 Å². The third kappa shape index (κ3) is 4.87. The van der Waals surface area contributed by atoms with Gasteiger partial charge in [-0.05, 0) is 56.3 Å². The third-order valence-corrected chi connectivity index (χ3v) is 4.42. The van der Waals surface area contributed by atoms with E-state index in [0.717, 1.165) is 4.68 Å². The Bertz CT molecular complexity index is 1030. The molecule has 150 valence electrons. The third-order valence-electron chi connectivity index (χ3n) is 4.42. The van der Waals surface area contributed by atoms with Crippen LogP contribution in [-0.4, -0.2) is 28.8 Å². The van der Waals surface area contributed by atoms with E-state index in [9.17, 15) is 14.0 Å². The van der Waals surface area contributed by atoms with Crippen LogP contribution < -0.4 is 15.6 Å². The van der Waals surface area contributed by atoms with E-state index in [0.29, 0.717) is 23.6 Å². The van der Waals surface area contributed by atoms with Crippen molar-refractivity contribution in [2.24, 2.45) is 0 Å². The number of ether oxygens (including phenoxy) is 1. The summed E-state index contributed by atoms with van der Waals surface area (Å²) in [5, 5.41) is 7.10. The maximum atomic E-state index is 13.2. The Morgan fingerprint density at radius 1 is 1.07 bits per heavy atom. The molecule has 29 heavy (non-hydrogen) atoms. The summed E-state index contributed by atoms with van der Waals surface area (Å²) < 4.78 is 19.9. The van der Waals surface area contributed by atoms with Crippen LogP contribution in [0.1, 0.15) is 13.8 Å². The molecule has 3 rings (SSSR count). The molecule has 1 aromatic heterocycles. The Kier molecular flexibility index (Phi) is 6.07. The lowest BCUT2D eigenvalue weighted by Gasteiger charge is -2.25. The molecule has 3 aromatic rings. The molecule has 0 saturated heterocycles. The van der Waals surface area contributed by atoms with Crippen LogP contribution in [0, 0.1) is 5.82 Å². The first kappa shape index (κ1) is 20.3. The predicted octanol–water partition coefficient (Wildman–Crippen LogP) is 2.98. The highest BCUT2D eigenvalue weighted by atomic mass is 19.1. The Hall–Kier alpha value is -3.48. The molecule has 0 radical (unpaired) electrons. The van der Waals surface area contributed by atoms with Gasteiger partial charge in [0.25, 0.3) is 5.56 Å². The molecule has 0 aliphatic carbocycles.